The molecular formula is C15H26N2O. The third kappa shape index (κ3) is 4.67. The number of nitrogens with zero attached hydrogens (tertiary/aromatic N) is 1. The highest BCUT2D eigenvalue weighted by molar-refractivity contribution is 5.50. The summed E-state index contributed by atoms with van der Waals surface area (Å²) in [4.78, 5) is 2.43. The zero-order chi connectivity index (χ0) is 13.4. The van der Waals surface area contributed by atoms with E-state index in [2.05, 4.69) is 55.3 Å². The van der Waals surface area contributed by atoms with Gasteiger partial charge in [0.2, 0.25) is 0 Å². The monoisotopic (exact) mass is 250 g/mol. The topological polar surface area (TPSA) is 24.5 Å². The normalized spacial score (nSPS) is 12.7. The van der Waals surface area contributed by atoms with Gasteiger partial charge in [0.1, 0.15) is 0 Å². The molecule has 1 atom stereocenters. The highest BCUT2D eigenvalue weighted by Crippen LogP contribution is 2.12. The van der Waals surface area contributed by atoms with Crippen LogP contribution in [0.15, 0.2) is 24.3 Å². The fraction of sp³-hybridized carbons (Fsp3) is 0.600. The van der Waals surface area contributed by atoms with Crippen molar-refractivity contribution < 1.29 is 4.74 Å². The van der Waals surface area contributed by atoms with Crippen molar-refractivity contribution in [2.45, 2.75) is 26.8 Å². The summed E-state index contributed by atoms with van der Waals surface area (Å²) in [5.41, 5.74) is 2.53. The van der Waals surface area contributed by atoms with Crippen molar-refractivity contribution in [2.75, 3.05) is 38.7 Å². The highest BCUT2D eigenvalue weighted by atomic mass is 16.5. The Morgan fingerprint density at radius 1 is 1.33 bits per heavy atom. The van der Waals surface area contributed by atoms with Gasteiger partial charge >= 0.3 is 0 Å². The summed E-state index contributed by atoms with van der Waals surface area (Å²) in [5.74, 6) is 0. The van der Waals surface area contributed by atoms with Gasteiger partial charge < -0.3 is 10.1 Å². The maximum absolute atomic E-state index is 5.21. The molecule has 0 bridgehead atoms. The van der Waals surface area contributed by atoms with Crippen LogP contribution >= 0.6 is 0 Å². The van der Waals surface area contributed by atoms with Crippen LogP contribution in [0.2, 0.25) is 0 Å². The first-order chi connectivity index (χ1) is 8.69. The van der Waals surface area contributed by atoms with E-state index in [-0.39, 0.29) is 0 Å². The van der Waals surface area contributed by atoms with Crippen LogP contribution in [-0.4, -0.2) is 44.3 Å². The Bertz CT molecular complexity index is 341. The number of hydrogen-bond donors (Lipinski definition) is 1. The smallest absolute Gasteiger partial charge is 0.0615 e. The molecule has 0 amide bonds. The first-order valence-corrected chi connectivity index (χ1v) is 6.71. The van der Waals surface area contributed by atoms with Gasteiger partial charge in [-0.1, -0.05) is 25.1 Å². The van der Waals surface area contributed by atoms with Gasteiger partial charge in [-0.05, 0) is 32.0 Å². The average molecular weight is 250 g/mol. The number of aryl methyl sites for hydroxylation is 1. The molecular weight excluding hydrogens is 224 g/mol. The molecule has 1 aromatic rings. The van der Waals surface area contributed by atoms with Crippen molar-refractivity contribution in [1.29, 1.82) is 0 Å². The zero-order valence-electron chi connectivity index (χ0n) is 12.1. The fourth-order valence-corrected chi connectivity index (χ4v) is 2.14. The number of rotatable bonds is 8. The second-order valence-corrected chi connectivity index (χ2v) is 4.67. The van der Waals surface area contributed by atoms with E-state index >= 15 is 0 Å². The molecule has 1 aromatic carbocycles. The fourth-order valence-electron chi connectivity index (χ4n) is 2.14. The SMILES string of the molecule is CCN(CCNc1ccccc1C)C(C)COC. The number of para-hydroxylation sites is 1. The van der Waals surface area contributed by atoms with E-state index in [0.29, 0.717) is 6.04 Å². The van der Waals surface area contributed by atoms with Crippen LogP contribution in [-0.2, 0) is 4.74 Å². The van der Waals surface area contributed by atoms with E-state index in [4.69, 9.17) is 4.74 Å². The summed E-state index contributed by atoms with van der Waals surface area (Å²) < 4.78 is 5.21. The molecule has 0 aromatic heterocycles. The highest BCUT2D eigenvalue weighted by Gasteiger charge is 2.10. The molecule has 0 aliphatic carbocycles. The molecule has 1 unspecified atom stereocenters. The Morgan fingerprint density at radius 2 is 2.06 bits per heavy atom. The first kappa shape index (κ1) is 15.0. The van der Waals surface area contributed by atoms with Gasteiger partial charge in [-0.15, -0.1) is 0 Å². The molecule has 0 saturated carbocycles. The van der Waals surface area contributed by atoms with Gasteiger partial charge in [-0.25, -0.2) is 0 Å². The summed E-state index contributed by atoms with van der Waals surface area (Å²) >= 11 is 0. The van der Waals surface area contributed by atoms with Gasteiger partial charge in [0.15, 0.2) is 0 Å². The quantitative estimate of drug-likeness (QED) is 0.768. The lowest BCUT2D eigenvalue weighted by Crippen LogP contribution is -2.39. The van der Waals surface area contributed by atoms with E-state index < -0.39 is 0 Å². The Kier molecular flexibility index (Phi) is 6.76. The largest absolute Gasteiger partial charge is 0.384 e. The number of ether oxygens (including phenoxy) is 1. The molecule has 102 valence electrons. The molecule has 0 aliphatic heterocycles. The van der Waals surface area contributed by atoms with E-state index in [9.17, 15) is 0 Å². The van der Waals surface area contributed by atoms with Crippen LogP contribution in [0.4, 0.5) is 5.69 Å². The van der Waals surface area contributed by atoms with Crippen molar-refractivity contribution >= 4 is 5.69 Å². The van der Waals surface area contributed by atoms with Crippen LogP contribution in [0.3, 0.4) is 0 Å². The molecule has 0 fully saturated rings. The molecule has 0 saturated heterocycles. The lowest BCUT2D eigenvalue weighted by molar-refractivity contribution is 0.105. The Balaban J connectivity index is 2.38. The third-order valence-corrected chi connectivity index (χ3v) is 3.30. The van der Waals surface area contributed by atoms with Crippen LogP contribution in [0.5, 0.6) is 0 Å². The average Bonchev–Trinajstić information content (AvgIpc) is 2.37. The van der Waals surface area contributed by atoms with Crippen molar-refractivity contribution in [1.82, 2.24) is 4.90 Å². The summed E-state index contributed by atoms with van der Waals surface area (Å²) in [6, 6.07) is 8.87. The zero-order valence-corrected chi connectivity index (χ0v) is 12.1. The standard InChI is InChI=1S/C15H26N2O/c1-5-17(14(3)12-18-4)11-10-16-15-9-7-6-8-13(15)2/h6-9,14,16H,5,10-12H2,1-4H3. The summed E-state index contributed by atoms with van der Waals surface area (Å²) in [7, 11) is 1.76. The van der Waals surface area contributed by atoms with Crippen molar-refractivity contribution in [2.24, 2.45) is 0 Å². The number of benzene rings is 1. The van der Waals surface area contributed by atoms with Crippen LogP contribution < -0.4 is 5.32 Å². The molecule has 0 heterocycles. The molecule has 0 spiro atoms. The second-order valence-electron chi connectivity index (χ2n) is 4.67. The molecule has 18 heavy (non-hydrogen) atoms. The summed E-state index contributed by atoms with van der Waals surface area (Å²) in [6.07, 6.45) is 0. The second kappa shape index (κ2) is 8.11. The van der Waals surface area contributed by atoms with Gasteiger partial charge in [0, 0.05) is 31.9 Å². The van der Waals surface area contributed by atoms with E-state index in [1.54, 1.807) is 7.11 Å². The minimum atomic E-state index is 0.471. The molecule has 1 rings (SSSR count). The first-order valence-electron chi connectivity index (χ1n) is 6.71. The summed E-state index contributed by atoms with van der Waals surface area (Å²) in [5, 5.41) is 3.49. The van der Waals surface area contributed by atoms with Crippen molar-refractivity contribution in [3.8, 4) is 0 Å². The predicted molar refractivity (Wildman–Crippen MR) is 78.3 cm³/mol. The van der Waals surface area contributed by atoms with Crippen LogP contribution in [0, 0.1) is 6.92 Å². The van der Waals surface area contributed by atoms with Gasteiger partial charge in [0.25, 0.3) is 0 Å². The maximum Gasteiger partial charge on any atom is 0.0615 e. The van der Waals surface area contributed by atoms with E-state index in [1.165, 1.54) is 11.3 Å². The number of hydrogen-bond acceptors (Lipinski definition) is 3. The minimum Gasteiger partial charge on any atom is -0.384 e. The molecule has 3 heteroatoms. The Morgan fingerprint density at radius 3 is 2.67 bits per heavy atom. The van der Waals surface area contributed by atoms with Gasteiger partial charge in [0.05, 0.1) is 6.61 Å². The van der Waals surface area contributed by atoms with E-state index in [0.717, 1.165) is 26.2 Å². The number of methoxy groups -OCH3 is 1. The van der Waals surface area contributed by atoms with Crippen LogP contribution in [0.25, 0.3) is 0 Å². The molecule has 1 N–H and O–H groups in total. The van der Waals surface area contributed by atoms with Crippen molar-refractivity contribution in [3.05, 3.63) is 29.8 Å². The number of likely N-dealkylation sites (N-methyl/N-ethyl adjacent to an activating group) is 1. The lowest BCUT2D eigenvalue weighted by Gasteiger charge is -2.27. The van der Waals surface area contributed by atoms with E-state index in [1.807, 2.05) is 0 Å². The minimum absolute atomic E-state index is 0.471. The third-order valence-electron chi connectivity index (χ3n) is 3.30. The lowest BCUT2D eigenvalue weighted by atomic mass is 10.2. The Hall–Kier alpha value is -1.06. The van der Waals surface area contributed by atoms with Gasteiger partial charge in [-0.3, -0.25) is 4.90 Å². The summed E-state index contributed by atoms with van der Waals surface area (Å²) in [6.45, 7) is 10.4. The van der Waals surface area contributed by atoms with Crippen molar-refractivity contribution in [3.63, 3.8) is 0 Å². The molecule has 0 aliphatic rings. The number of nitrogens with one attached hydrogen (secondary N) is 1. The molecule has 3 nitrogen and oxygen atoms in total. The Labute approximate surface area is 111 Å². The van der Waals surface area contributed by atoms with Crippen LogP contribution in [0.1, 0.15) is 19.4 Å². The van der Waals surface area contributed by atoms with Gasteiger partial charge in [-0.2, -0.15) is 0 Å². The number of anilines is 1. The predicted octanol–water partition coefficient (Wildman–Crippen LogP) is 2.76. The maximum atomic E-state index is 5.21. The molecule has 0 radical (unpaired) electrons.